The Kier molecular flexibility index (Phi) is 7.06. The Morgan fingerprint density at radius 3 is 2.46 bits per heavy atom. The van der Waals surface area contributed by atoms with E-state index in [-0.39, 0.29) is 17.5 Å². The summed E-state index contributed by atoms with van der Waals surface area (Å²) in [5.41, 5.74) is 1.42. The fraction of sp³-hybridized carbons (Fsp3) is 0.0909. The van der Waals surface area contributed by atoms with Gasteiger partial charge >= 0.3 is 0 Å². The predicted octanol–water partition coefficient (Wildman–Crippen LogP) is 5.27. The van der Waals surface area contributed by atoms with E-state index in [4.69, 9.17) is 0 Å². The zero-order valence-electron chi connectivity index (χ0n) is 15.3. The third-order valence-corrected chi connectivity index (χ3v) is 5.57. The van der Waals surface area contributed by atoms with Crippen LogP contribution >= 0.6 is 23.1 Å². The van der Waals surface area contributed by atoms with Crippen molar-refractivity contribution in [1.29, 1.82) is 0 Å². The fourth-order valence-electron chi connectivity index (χ4n) is 2.50. The molecule has 2 N–H and O–H groups in total. The minimum atomic E-state index is -0.359. The van der Waals surface area contributed by atoms with Crippen LogP contribution in [0, 0.1) is 0 Å². The molecule has 3 rings (SSSR count). The van der Waals surface area contributed by atoms with E-state index < -0.39 is 0 Å². The van der Waals surface area contributed by atoms with Crippen LogP contribution in [0.2, 0.25) is 0 Å². The van der Waals surface area contributed by atoms with Crippen molar-refractivity contribution in [3.8, 4) is 0 Å². The topological polar surface area (TPSA) is 58.2 Å². The van der Waals surface area contributed by atoms with Crippen molar-refractivity contribution >= 4 is 46.7 Å². The molecule has 6 heteroatoms. The number of rotatable bonds is 7. The molecule has 3 aromatic rings. The Morgan fingerprint density at radius 2 is 1.75 bits per heavy atom. The van der Waals surface area contributed by atoms with Crippen LogP contribution in [-0.4, -0.2) is 17.6 Å². The van der Waals surface area contributed by atoms with Gasteiger partial charge in [-0.25, -0.2) is 0 Å². The first-order chi connectivity index (χ1) is 13.7. The number of hydrogen-bond acceptors (Lipinski definition) is 4. The van der Waals surface area contributed by atoms with E-state index in [2.05, 4.69) is 17.6 Å². The maximum atomic E-state index is 13.0. The summed E-state index contributed by atoms with van der Waals surface area (Å²) in [7, 11) is 0. The molecule has 0 radical (unpaired) electrons. The van der Waals surface area contributed by atoms with E-state index in [0.717, 1.165) is 21.2 Å². The number of amides is 2. The van der Waals surface area contributed by atoms with Crippen LogP contribution in [0.25, 0.3) is 6.08 Å². The molecule has 1 heterocycles. The molecule has 0 saturated heterocycles. The summed E-state index contributed by atoms with van der Waals surface area (Å²) in [6.07, 6.45) is 1.69. The van der Waals surface area contributed by atoms with Crippen LogP contribution in [0.1, 0.15) is 22.2 Å². The minimum absolute atomic E-state index is 0.201. The quantitative estimate of drug-likeness (QED) is 0.414. The highest BCUT2D eigenvalue weighted by atomic mass is 32.2. The SMILES string of the molecule is CCSc1ccccc1NC(=O)/C(=C/c1cccs1)NC(=O)c1ccccc1. The smallest absolute Gasteiger partial charge is 0.272 e. The molecule has 0 bridgehead atoms. The summed E-state index contributed by atoms with van der Waals surface area (Å²) >= 11 is 3.15. The first kappa shape index (κ1) is 19.9. The van der Waals surface area contributed by atoms with E-state index in [0.29, 0.717) is 5.56 Å². The van der Waals surface area contributed by atoms with Crippen molar-refractivity contribution in [3.05, 3.63) is 88.2 Å². The van der Waals surface area contributed by atoms with E-state index in [1.54, 1.807) is 42.1 Å². The second-order valence-corrected chi connectivity index (χ2v) is 8.06. The molecule has 0 aliphatic carbocycles. The third-order valence-electron chi connectivity index (χ3n) is 3.79. The molecule has 28 heavy (non-hydrogen) atoms. The average molecular weight is 409 g/mol. The van der Waals surface area contributed by atoms with Crippen LogP contribution in [0.3, 0.4) is 0 Å². The van der Waals surface area contributed by atoms with Crippen molar-refractivity contribution in [2.75, 3.05) is 11.1 Å². The maximum absolute atomic E-state index is 13.0. The average Bonchev–Trinajstić information content (AvgIpc) is 3.23. The Hall–Kier alpha value is -2.83. The van der Waals surface area contributed by atoms with Gasteiger partial charge in [-0.2, -0.15) is 0 Å². The largest absolute Gasteiger partial charge is 0.320 e. The van der Waals surface area contributed by atoms with Crippen LogP contribution in [0.4, 0.5) is 5.69 Å². The Morgan fingerprint density at radius 1 is 1.00 bits per heavy atom. The Bertz CT molecular complexity index is 967. The molecule has 0 aliphatic rings. The second-order valence-electron chi connectivity index (χ2n) is 5.78. The molecule has 142 valence electrons. The lowest BCUT2D eigenvalue weighted by molar-refractivity contribution is -0.113. The number of nitrogens with one attached hydrogen (secondary N) is 2. The van der Waals surface area contributed by atoms with E-state index in [1.807, 2.05) is 47.8 Å². The van der Waals surface area contributed by atoms with Gasteiger partial charge in [0.05, 0.1) is 5.69 Å². The van der Waals surface area contributed by atoms with Crippen molar-refractivity contribution in [3.63, 3.8) is 0 Å². The van der Waals surface area contributed by atoms with Crippen molar-refractivity contribution in [2.45, 2.75) is 11.8 Å². The Labute approximate surface area is 172 Å². The van der Waals surface area contributed by atoms with Gasteiger partial charge in [0.25, 0.3) is 11.8 Å². The first-order valence-electron chi connectivity index (χ1n) is 8.82. The monoisotopic (exact) mass is 408 g/mol. The lowest BCUT2D eigenvalue weighted by Gasteiger charge is -2.13. The van der Waals surface area contributed by atoms with Crippen LogP contribution in [0.15, 0.2) is 82.7 Å². The standard InChI is InChI=1S/C22H20N2O2S2/c1-2-27-20-13-7-6-12-18(20)23-22(26)19(15-17-11-8-14-28-17)24-21(25)16-9-4-3-5-10-16/h3-15H,2H2,1H3,(H,23,26)(H,24,25)/b19-15-. The summed E-state index contributed by atoms with van der Waals surface area (Å²) in [5.74, 6) is 0.215. The second kappa shape index (κ2) is 9.92. The highest BCUT2D eigenvalue weighted by Gasteiger charge is 2.16. The number of thioether (sulfide) groups is 1. The molecule has 0 atom stereocenters. The number of thiophene rings is 1. The predicted molar refractivity (Wildman–Crippen MR) is 118 cm³/mol. The third kappa shape index (κ3) is 5.34. The number of anilines is 1. The van der Waals surface area contributed by atoms with Crippen LogP contribution in [-0.2, 0) is 4.79 Å². The van der Waals surface area contributed by atoms with Crippen LogP contribution < -0.4 is 10.6 Å². The summed E-state index contributed by atoms with van der Waals surface area (Å²) < 4.78 is 0. The molecular weight excluding hydrogens is 388 g/mol. The summed E-state index contributed by atoms with van der Waals surface area (Å²) in [5, 5.41) is 7.60. The molecule has 2 amide bonds. The van der Waals surface area contributed by atoms with Gasteiger partial charge in [-0.1, -0.05) is 43.3 Å². The molecule has 1 aromatic heterocycles. The van der Waals surface area contributed by atoms with Gasteiger partial charge < -0.3 is 10.6 Å². The number of benzene rings is 2. The molecular formula is C22H20N2O2S2. The van der Waals surface area contributed by atoms with E-state index in [9.17, 15) is 9.59 Å². The first-order valence-corrected chi connectivity index (χ1v) is 10.7. The molecule has 0 fully saturated rings. The van der Waals surface area contributed by atoms with Gasteiger partial charge in [0.1, 0.15) is 5.70 Å². The Balaban J connectivity index is 1.85. The number of carbonyl (C=O) groups excluding carboxylic acids is 2. The molecule has 2 aromatic carbocycles. The molecule has 0 unspecified atom stereocenters. The normalized spacial score (nSPS) is 11.1. The number of carbonyl (C=O) groups is 2. The summed E-state index contributed by atoms with van der Waals surface area (Å²) in [6, 6.07) is 20.3. The number of hydrogen-bond donors (Lipinski definition) is 2. The van der Waals surface area contributed by atoms with Crippen molar-refractivity contribution in [2.24, 2.45) is 0 Å². The van der Waals surface area contributed by atoms with Gasteiger partial charge in [-0.15, -0.1) is 23.1 Å². The van der Waals surface area contributed by atoms with Crippen molar-refractivity contribution < 1.29 is 9.59 Å². The lowest BCUT2D eigenvalue weighted by atomic mass is 10.2. The van der Waals surface area contributed by atoms with Gasteiger partial charge in [0.2, 0.25) is 0 Å². The summed E-state index contributed by atoms with van der Waals surface area (Å²) in [6.45, 7) is 2.06. The minimum Gasteiger partial charge on any atom is -0.320 e. The van der Waals surface area contributed by atoms with Crippen molar-refractivity contribution in [1.82, 2.24) is 5.32 Å². The van der Waals surface area contributed by atoms with E-state index in [1.165, 1.54) is 11.3 Å². The van der Waals surface area contributed by atoms with E-state index >= 15 is 0 Å². The van der Waals surface area contributed by atoms with Gasteiger partial charge in [0, 0.05) is 15.3 Å². The molecule has 0 spiro atoms. The maximum Gasteiger partial charge on any atom is 0.272 e. The van der Waals surface area contributed by atoms with Gasteiger partial charge in [0.15, 0.2) is 0 Å². The highest BCUT2D eigenvalue weighted by Crippen LogP contribution is 2.27. The zero-order chi connectivity index (χ0) is 19.8. The van der Waals surface area contributed by atoms with Crippen LogP contribution in [0.5, 0.6) is 0 Å². The molecule has 4 nitrogen and oxygen atoms in total. The molecule has 0 aliphatic heterocycles. The highest BCUT2D eigenvalue weighted by molar-refractivity contribution is 7.99. The number of para-hydroxylation sites is 1. The van der Waals surface area contributed by atoms with Gasteiger partial charge in [-0.3, -0.25) is 9.59 Å². The lowest BCUT2D eigenvalue weighted by Crippen LogP contribution is -2.30. The fourth-order valence-corrected chi connectivity index (χ4v) is 3.92. The van der Waals surface area contributed by atoms with Gasteiger partial charge in [-0.05, 0) is 47.5 Å². The molecule has 0 saturated carbocycles. The summed E-state index contributed by atoms with van der Waals surface area (Å²) in [4.78, 5) is 27.4. The zero-order valence-corrected chi connectivity index (χ0v) is 17.0.